The van der Waals surface area contributed by atoms with E-state index in [2.05, 4.69) is 84.2 Å². The Morgan fingerprint density at radius 2 is 1.23 bits per heavy atom. The van der Waals surface area contributed by atoms with Crippen LogP contribution in [0.25, 0.3) is 21.8 Å². The van der Waals surface area contributed by atoms with Gasteiger partial charge < -0.3 is 9.13 Å². The second-order valence-corrected chi connectivity index (χ2v) is 7.28. The summed E-state index contributed by atoms with van der Waals surface area (Å²) in [5, 5.41) is 2.50. The van der Waals surface area contributed by atoms with Crippen LogP contribution in [0.1, 0.15) is 18.1 Å². The van der Waals surface area contributed by atoms with E-state index in [1.54, 1.807) is 6.92 Å². The van der Waals surface area contributed by atoms with Gasteiger partial charge in [0.15, 0.2) is 0 Å². The molecule has 0 unspecified atom stereocenters. The molecule has 0 spiro atoms. The summed E-state index contributed by atoms with van der Waals surface area (Å²) in [6.45, 7) is 1.72. The van der Waals surface area contributed by atoms with Crippen LogP contribution < -0.4 is 0 Å². The van der Waals surface area contributed by atoms with Crippen LogP contribution in [0, 0.1) is 5.92 Å². The fourth-order valence-electron chi connectivity index (χ4n) is 4.07. The van der Waals surface area contributed by atoms with Crippen molar-refractivity contribution in [2.45, 2.75) is 19.8 Å². The summed E-state index contributed by atoms with van der Waals surface area (Å²) in [7, 11) is 4.14. The molecule has 3 heteroatoms. The number of nitrogens with zero attached hydrogens (tertiary/aromatic N) is 2. The van der Waals surface area contributed by atoms with Gasteiger partial charge in [-0.2, -0.15) is 0 Å². The number of para-hydroxylation sites is 2. The Morgan fingerprint density at radius 1 is 0.808 bits per heavy atom. The highest BCUT2D eigenvalue weighted by Crippen LogP contribution is 2.27. The molecule has 132 valence electrons. The zero-order valence-electron chi connectivity index (χ0n) is 15.6. The quantitative estimate of drug-likeness (QED) is 0.517. The number of benzene rings is 2. The first-order chi connectivity index (χ1) is 12.5. The first kappa shape index (κ1) is 16.6. The number of Topliss-reactive ketones (excluding diaryl/α,β-unsaturated/α-hetero) is 1. The van der Waals surface area contributed by atoms with Gasteiger partial charge in [0, 0.05) is 54.2 Å². The highest BCUT2D eigenvalue weighted by atomic mass is 16.1. The number of rotatable bonds is 5. The zero-order chi connectivity index (χ0) is 18.3. The monoisotopic (exact) mass is 344 g/mol. The second kappa shape index (κ2) is 6.49. The first-order valence-corrected chi connectivity index (χ1v) is 9.11. The molecule has 0 atom stereocenters. The van der Waals surface area contributed by atoms with Gasteiger partial charge in [-0.15, -0.1) is 0 Å². The van der Waals surface area contributed by atoms with E-state index in [-0.39, 0.29) is 11.7 Å². The standard InChI is InChI=1S/C23H24N2O/c1-16(26)17(12-18-14-24(2)22-10-6-4-8-20(18)22)13-19-15-25(3)23-11-7-5-9-21(19)23/h4-11,14-15,17H,12-13H2,1-3H3. The van der Waals surface area contributed by atoms with Crippen LogP contribution in [0.3, 0.4) is 0 Å². The van der Waals surface area contributed by atoms with Crippen LogP contribution >= 0.6 is 0 Å². The highest BCUT2D eigenvalue weighted by Gasteiger charge is 2.20. The molecule has 0 bridgehead atoms. The molecule has 3 nitrogen and oxygen atoms in total. The Labute approximate surface area is 153 Å². The maximum absolute atomic E-state index is 12.4. The molecule has 26 heavy (non-hydrogen) atoms. The van der Waals surface area contributed by atoms with Crippen molar-refractivity contribution in [2.75, 3.05) is 0 Å². The van der Waals surface area contributed by atoms with E-state index in [1.807, 2.05) is 0 Å². The molecule has 0 saturated heterocycles. The largest absolute Gasteiger partial charge is 0.350 e. The van der Waals surface area contributed by atoms with Gasteiger partial charge in [-0.05, 0) is 43.0 Å². The number of aromatic nitrogens is 2. The number of ketones is 1. The lowest BCUT2D eigenvalue weighted by Gasteiger charge is -2.13. The van der Waals surface area contributed by atoms with E-state index in [1.165, 1.54) is 32.9 Å². The van der Waals surface area contributed by atoms with Crippen LogP contribution in [0.2, 0.25) is 0 Å². The normalized spacial score (nSPS) is 11.7. The molecule has 0 saturated carbocycles. The van der Waals surface area contributed by atoms with Gasteiger partial charge in [-0.25, -0.2) is 0 Å². The summed E-state index contributed by atoms with van der Waals surface area (Å²) in [5.41, 5.74) is 4.94. The molecule has 2 aromatic carbocycles. The summed E-state index contributed by atoms with van der Waals surface area (Å²) < 4.78 is 4.31. The summed E-state index contributed by atoms with van der Waals surface area (Å²) in [4.78, 5) is 12.4. The van der Waals surface area contributed by atoms with Gasteiger partial charge >= 0.3 is 0 Å². The SMILES string of the molecule is CC(=O)C(Cc1cn(C)c2ccccc12)Cc1cn(C)c2ccccc12. The first-order valence-electron chi connectivity index (χ1n) is 9.11. The third kappa shape index (κ3) is 2.84. The number of carbonyl (C=O) groups excluding carboxylic acids is 1. The fraction of sp³-hybridized carbons (Fsp3) is 0.261. The smallest absolute Gasteiger partial charge is 0.133 e. The van der Waals surface area contributed by atoms with Gasteiger partial charge in [0.25, 0.3) is 0 Å². The van der Waals surface area contributed by atoms with E-state index in [0.717, 1.165) is 12.8 Å². The van der Waals surface area contributed by atoms with Crippen LogP contribution in [-0.2, 0) is 31.7 Å². The molecule has 0 amide bonds. The molecule has 0 aliphatic heterocycles. The molecule has 0 aliphatic carbocycles. The summed E-state index contributed by atoms with van der Waals surface area (Å²) in [6, 6.07) is 16.8. The number of aryl methyl sites for hydroxylation is 2. The van der Waals surface area contributed by atoms with Crippen molar-refractivity contribution < 1.29 is 4.79 Å². The molecule has 2 heterocycles. The van der Waals surface area contributed by atoms with Crippen molar-refractivity contribution in [2.24, 2.45) is 20.0 Å². The molecule has 0 radical (unpaired) electrons. The van der Waals surface area contributed by atoms with E-state index in [4.69, 9.17) is 0 Å². The molecule has 2 aromatic heterocycles. The van der Waals surface area contributed by atoms with Crippen molar-refractivity contribution in [3.05, 3.63) is 72.1 Å². The topological polar surface area (TPSA) is 26.9 Å². The zero-order valence-corrected chi connectivity index (χ0v) is 15.6. The van der Waals surface area contributed by atoms with Crippen LogP contribution in [0.4, 0.5) is 0 Å². The maximum Gasteiger partial charge on any atom is 0.133 e. The lowest BCUT2D eigenvalue weighted by atomic mass is 9.89. The lowest BCUT2D eigenvalue weighted by molar-refractivity contribution is -0.120. The van der Waals surface area contributed by atoms with Crippen molar-refractivity contribution in [1.29, 1.82) is 0 Å². The van der Waals surface area contributed by atoms with Crippen molar-refractivity contribution in [3.63, 3.8) is 0 Å². The molecular formula is C23H24N2O. The molecule has 0 N–H and O–H groups in total. The minimum absolute atomic E-state index is 0.00777. The Morgan fingerprint density at radius 3 is 1.65 bits per heavy atom. The van der Waals surface area contributed by atoms with Gasteiger partial charge in [0.1, 0.15) is 5.78 Å². The lowest BCUT2D eigenvalue weighted by Crippen LogP contribution is -2.16. The van der Waals surface area contributed by atoms with E-state index in [9.17, 15) is 4.79 Å². The minimum Gasteiger partial charge on any atom is -0.350 e. The number of hydrogen-bond acceptors (Lipinski definition) is 1. The van der Waals surface area contributed by atoms with Crippen molar-refractivity contribution in [1.82, 2.24) is 9.13 Å². The Kier molecular flexibility index (Phi) is 4.15. The predicted molar refractivity (Wildman–Crippen MR) is 107 cm³/mol. The van der Waals surface area contributed by atoms with Crippen LogP contribution in [0.15, 0.2) is 60.9 Å². The van der Waals surface area contributed by atoms with Crippen molar-refractivity contribution >= 4 is 27.6 Å². The predicted octanol–water partition coefficient (Wildman–Crippen LogP) is 4.66. The molecule has 0 aliphatic rings. The Bertz CT molecular complexity index is 1020. The fourth-order valence-corrected chi connectivity index (χ4v) is 4.07. The second-order valence-electron chi connectivity index (χ2n) is 7.28. The van der Waals surface area contributed by atoms with Crippen molar-refractivity contribution in [3.8, 4) is 0 Å². The average molecular weight is 344 g/mol. The van der Waals surface area contributed by atoms with E-state index in [0.29, 0.717) is 0 Å². The molecule has 0 fully saturated rings. The molecule has 4 rings (SSSR count). The van der Waals surface area contributed by atoms with Gasteiger partial charge in [-0.1, -0.05) is 36.4 Å². The molecular weight excluding hydrogens is 320 g/mol. The Balaban J connectivity index is 1.69. The van der Waals surface area contributed by atoms with Gasteiger partial charge in [0.2, 0.25) is 0 Å². The highest BCUT2D eigenvalue weighted by molar-refractivity contribution is 5.87. The minimum atomic E-state index is -0.00777. The van der Waals surface area contributed by atoms with E-state index < -0.39 is 0 Å². The van der Waals surface area contributed by atoms with Gasteiger partial charge in [0.05, 0.1) is 0 Å². The third-order valence-electron chi connectivity index (χ3n) is 5.47. The molecule has 4 aromatic rings. The summed E-state index contributed by atoms with van der Waals surface area (Å²) >= 11 is 0. The third-order valence-corrected chi connectivity index (χ3v) is 5.47. The summed E-state index contributed by atoms with van der Waals surface area (Å²) in [5.74, 6) is 0.248. The van der Waals surface area contributed by atoms with E-state index >= 15 is 0 Å². The van der Waals surface area contributed by atoms with Crippen LogP contribution in [-0.4, -0.2) is 14.9 Å². The Hall–Kier alpha value is -2.81. The van der Waals surface area contributed by atoms with Crippen LogP contribution in [0.5, 0.6) is 0 Å². The number of hydrogen-bond donors (Lipinski definition) is 0. The average Bonchev–Trinajstić information content (AvgIpc) is 3.13. The number of carbonyl (C=O) groups is 1. The van der Waals surface area contributed by atoms with Gasteiger partial charge in [-0.3, -0.25) is 4.79 Å². The maximum atomic E-state index is 12.4. The number of fused-ring (bicyclic) bond motifs is 2. The summed E-state index contributed by atoms with van der Waals surface area (Å²) in [6.07, 6.45) is 5.90.